The minimum atomic E-state index is -2.75. The average molecular weight is 291 g/mol. The number of nitrogens with zero attached hydrogens (tertiary/aromatic N) is 3. The molecule has 0 radical (unpaired) electrons. The molecule has 1 saturated heterocycles. The maximum atomic E-state index is 10.8. The van der Waals surface area contributed by atoms with Gasteiger partial charge in [0.25, 0.3) is 5.91 Å². The summed E-state index contributed by atoms with van der Waals surface area (Å²) >= 11 is 0. The van der Waals surface area contributed by atoms with Crippen molar-refractivity contribution in [3.05, 3.63) is 12.2 Å². The van der Waals surface area contributed by atoms with Crippen LogP contribution in [-0.2, 0) is 13.8 Å². The summed E-state index contributed by atoms with van der Waals surface area (Å²) in [7, 11) is -2.75. The van der Waals surface area contributed by atoms with Crippen LogP contribution in [0.4, 0.5) is 0 Å². The Morgan fingerprint density at radius 3 is 3.05 bits per heavy atom. The molecule has 1 aromatic heterocycles. The van der Waals surface area contributed by atoms with Gasteiger partial charge >= 0.3 is 8.25 Å². The van der Waals surface area contributed by atoms with Crippen LogP contribution in [-0.4, -0.2) is 49.5 Å². The molecule has 11 heteroatoms. The van der Waals surface area contributed by atoms with Crippen molar-refractivity contribution in [1.82, 2.24) is 14.8 Å². The van der Waals surface area contributed by atoms with E-state index in [1.54, 1.807) is 0 Å². The molecule has 2 unspecified atom stereocenters. The van der Waals surface area contributed by atoms with Crippen LogP contribution in [0.15, 0.2) is 6.33 Å². The summed E-state index contributed by atoms with van der Waals surface area (Å²) in [5.74, 6) is -0.925. The predicted molar refractivity (Wildman–Crippen MR) is 58.9 cm³/mol. The van der Waals surface area contributed by atoms with Gasteiger partial charge in [-0.1, -0.05) is 0 Å². The summed E-state index contributed by atoms with van der Waals surface area (Å²) in [6, 6.07) is 0. The van der Waals surface area contributed by atoms with Crippen LogP contribution in [0.1, 0.15) is 23.3 Å². The molecular weight excluding hydrogens is 279 g/mol. The quantitative estimate of drug-likeness (QED) is 0.566. The van der Waals surface area contributed by atoms with Crippen molar-refractivity contribution in [2.75, 3.05) is 6.61 Å². The van der Waals surface area contributed by atoms with Crippen molar-refractivity contribution in [1.29, 1.82) is 0 Å². The molecule has 0 spiro atoms. The van der Waals surface area contributed by atoms with Crippen LogP contribution in [0.2, 0.25) is 0 Å². The number of amides is 1. The van der Waals surface area contributed by atoms with E-state index in [1.807, 2.05) is 0 Å². The van der Waals surface area contributed by atoms with Crippen LogP contribution in [0.25, 0.3) is 0 Å². The molecule has 2 heterocycles. The highest BCUT2D eigenvalue weighted by molar-refractivity contribution is 7.32. The molecular formula is C8H12N4O6P+. The van der Waals surface area contributed by atoms with Crippen LogP contribution in [0, 0.1) is 0 Å². The van der Waals surface area contributed by atoms with E-state index in [1.165, 1.54) is 11.0 Å². The molecule has 104 valence electrons. The van der Waals surface area contributed by atoms with Crippen molar-refractivity contribution in [3.8, 4) is 0 Å². The van der Waals surface area contributed by atoms with E-state index in [2.05, 4.69) is 14.6 Å². The Bertz CT molecular complexity index is 493. The lowest BCUT2D eigenvalue weighted by atomic mass is 10.2. The molecule has 1 amide bonds. The minimum absolute atomic E-state index is 0.156. The molecule has 1 aliphatic rings. The number of nitrogens with two attached hydrogens (primary N) is 1. The van der Waals surface area contributed by atoms with Gasteiger partial charge in [-0.25, -0.2) is 9.67 Å². The zero-order chi connectivity index (χ0) is 14.0. The van der Waals surface area contributed by atoms with Crippen molar-refractivity contribution < 1.29 is 28.6 Å². The number of carbonyl (C=O) groups excluding carboxylic acids is 1. The summed E-state index contributed by atoms with van der Waals surface area (Å²) in [5, 5.41) is 13.5. The highest BCUT2D eigenvalue weighted by atomic mass is 31.1. The second-order valence-corrected chi connectivity index (χ2v) is 4.61. The third-order valence-electron chi connectivity index (χ3n) is 2.58. The number of rotatable bonds is 5. The maximum absolute atomic E-state index is 10.8. The van der Waals surface area contributed by atoms with E-state index in [-0.39, 0.29) is 18.9 Å². The summed E-state index contributed by atoms with van der Waals surface area (Å²) < 4.78 is 21.5. The number of aliphatic hydroxyl groups is 1. The molecule has 1 aromatic rings. The third kappa shape index (κ3) is 3.31. The lowest BCUT2D eigenvalue weighted by Crippen LogP contribution is -2.25. The van der Waals surface area contributed by atoms with Crippen molar-refractivity contribution in [2.45, 2.75) is 24.9 Å². The Kier molecular flexibility index (Phi) is 4.17. The van der Waals surface area contributed by atoms with Crippen molar-refractivity contribution in [3.63, 3.8) is 0 Å². The van der Waals surface area contributed by atoms with Gasteiger partial charge in [0.15, 0.2) is 6.23 Å². The molecule has 2 rings (SSSR count). The zero-order valence-electron chi connectivity index (χ0n) is 9.62. The van der Waals surface area contributed by atoms with Gasteiger partial charge in [-0.15, -0.1) is 14.5 Å². The first-order valence-electron chi connectivity index (χ1n) is 5.31. The van der Waals surface area contributed by atoms with Crippen LogP contribution >= 0.6 is 8.25 Å². The molecule has 1 fully saturated rings. The number of carbonyl (C=O) groups is 1. The Morgan fingerprint density at radius 2 is 2.47 bits per heavy atom. The first kappa shape index (κ1) is 14.0. The third-order valence-corrected chi connectivity index (χ3v) is 2.95. The molecule has 0 saturated carbocycles. The van der Waals surface area contributed by atoms with E-state index < -0.39 is 32.6 Å². The summed E-state index contributed by atoms with van der Waals surface area (Å²) in [5.41, 5.74) is 5.01. The number of aromatic nitrogens is 3. The van der Waals surface area contributed by atoms with Crippen molar-refractivity contribution in [2.24, 2.45) is 5.73 Å². The molecule has 0 aromatic carbocycles. The Balaban J connectivity index is 1.99. The fraction of sp³-hybridized carbons (Fsp3) is 0.625. The first-order valence-corrected chi connectivity index (χ1v) is 6.44. The fourth-order valence-electron chi connectivity index (χ4n) is 1.69. The standard InChI is InChI=1S/C8H11N4O6P/c9-7(14)8-10-3-12(11-8)6-1-4(13)5(18-6)2-17-19(15)16/h3-6,13H,1-2H2,(H2-,9,14,15,16)/p+1/t4-,5?,6+/m0/s1. The number of ether oxygens (including phenoxy) is 1. The lowest BCUT2D eigenvalue weighted by molar-refractivity contribution is -0.0440. The number of aliphatic hydroxyl groups excluding tert-OH is 1. The maximum Gasteiger partial charge on any atom is 0.694 e. The van der Waals surface area contributed by atoms with Crippen LogP contribution in [0.3, 0.4) is 0 Å². The smallest absolute Gasteiger partial charge is 0.390 e. The molecule has 0 aliphatic carbocycles. The normalized spacial score (nSPS) is 27.5. The van der Waals surface area contributed by atoms with Crippen LogP contribution < -0.4 is 5.73 Å². The van der Waals surface area contributed by atoms with Gasteiger partial charge in [-0.05, 0) is 0 Å². The lowest BCUT2D eigenvalue weighted by Gasteiger charge is -2.11. The highest BCUT2D eigenvalue weighted by Gasteiger charge is 2.37. The van der Waals surface area contributed by atoms with Gasteiger partial charge in [-0.3, -0.25) is 4.79 Å². The second-order valence-electron chi connectivity index (χ2n) is 3.88. The predicted octanol–water partition coefficient (Wildman–Crippen LogP) is -1.31. The fourth-order valence-corrected chi connectivity index (χ4v) is 1.97. The average Bonchev–Trinajstić information content (AvgIpc) is 2.92. The van der Waals surface area contributed by atoms with E-state index in [0.29, 0.717) is 0 Å². The van der Waals surface area contributed by atoms with Gasteiger partial charge in [0.2, 0.25) is 5.82 Å². The van der Waals surface area contributed by atoms with Gasteiger partial charge in [0.1, 0.15) is 19.0 Å². The first-order chi connectivity index (χ1) is 8.97. The van der Waals surface area contributed by atoms with Gasteiger partial charge in [0.05, 0.1) is 6.10 Å². The molecule has 4 atom stereocenters. The molecule has 4 N–H and O–H groups in total. The SMILES string of the molecule is NC(=O)c1ncn([C@H]2C[C@H](O)C(CO[P+](=O)O)O2)n1. The van der Waals surface area contributed by atoms with Crippen LogP contribution in [0.5, 0.6) is 0 Å². The number of primary amides is 1. The summed E-state index contributed by atoms with van der Waals surface area (Å²) in [4.78, 5) is 23.0. The molecule has 19 heavy (non-hydrogen) atoms. The summed E-state index contributed by atoms with van der Waals surface area (Å²) in [6.07, 6.45) is -0.815. The zero-order valence-corrected chi connectivity index (χ0v) is 10.5. The summed E-state index contributed by atoms with van der Waals surface area (Å²) in [6.45, 7) is -0.221. The second kappa shape index (κ2) is 5.68. The van der Waals surface area contributed by atoms with E-state index >= 15 is 0 Å². The number of hydrogen-bond donors (Lipinski definition) is 3. The van der Waals surface area contributed by atoms with Gasteiger partial charge in [0, 0.05) is 11.0 Å². The van der Waals surface area contributed by atoms with Crippen molar-refractivity contribution >= 4 is 14.2 Å². The topological polar surface area (TPSA) is 150 Å². The molecule has 0 bridgehead atoms. The Morgan fingerprint density at radius 1 is 1.74 bits per heavy atom. The van der Waals surface area contributed by atoms with E-state index in [9.17, 15) is 14.5 Å². The minimum Gasteiger partial charge on any atom is -0.390 e. The van der Waals surface area contributed by atoms with E-state index in [0.717, 1.165) is 0 Å². The Hall–Kier alpha value is -1.45. The van der Waals surface area contributed by atoms with E-state index in [4.69, 9.17) is 15.4 Å². The molecule has 10 nitrogen and oxygen atoms in total. The Labute approximate surface area is 108 Å². The molecule has 1 aliphatic heterocycles. The largest absolute Gasteiger partial charge is 0.694 e. The highest BCUT2D eigenvalue weighted by Crippen LogP contribution is 2.29. The van der Waals surface area contributed by atoms with Gasteiger partial charge < -0.3 is 15.6 Å². The van der Waals surface area contributed by atoms with Gasteiger partial charge in [-0.2, -0.15) is 0 Å². The number of hydrogen-bond acceptors (Lipinski definition) is 7. The monoisotopic (exact) mass is 291 g/mol.